The minimum Gasteiger partial charge on any atom is -0.341 e. The molecule has 0 aromatic heterocycles. The third-order valence-corrected chi connectivity index (χ3v) is 1.73. The fourth-order valence-corrected chi connectivity index (χ4v) is 0.970. The van der Waals surface area contributed by atoms with Gasteiger partial charge in [-0.3, -0.25) is 0 Å². The Hall–Kier alpha value is -1.29. The molecule has 3 nitrogen and oxygen atoms in total. The van der Waals surface area contributed by atoms with Crippen molar-refractivity contribution >= 4 is 11.7 Å². The molecule has 0 unspecified atom stereocenters. The van der Waals surface area contributed by atoms with Gasteiger partial charge >= 0.3 is 6.03 Å². The van der Waals surface area contributed by atoms with Crippen molar-refractivity contribution in [3.63, 3.8) is 0 Å². The predicted octanol–water partition coefficient (Wildman–Crippen LogP) is 1.27. The van der Waals surface area contributed by atoms with E-state index in [1.54, 1.807) is 0 Å². The van der Waals surface area contributed by atoms with Crippen molar-refractivity contribution in [1.29, 1.82) is 0 Å². The van der Waals surface area contributed by atoms with Crippen molar-refractivity contribution in [3.05, 3.63) is 29.0 Å². The fourth-order valence-electron chi connectivity index (χ4n) is 0.775. The lowest BCUT2D eigenvalue weighted by Crippen LogP contribution is -2.24. The van der Waals surface area contributed by atoms with Gasteiger partial charge in [-0.1, -0.05) is 0 Å². The van der Waals surface area contributed by atoms with Crippen LogP contribution in [0.25, 0.3) is 0 Å². The number of nitrogens with one attached hydrogen (secondary N) is 2. The molecule has 2 amide bonds. The molecule has 13 heavy (non-hydrogen) atoms. The number of hydrogen-bond acceptors (Lipinski definition) is 1. The summed E-state index contributed by atoms with van der Waals surface area (Å²) in [6.45, 7) is 0. The highest BCUT2D eigenvalue weighted by Gasteiger charge is 2.08. The summed E-state index contributed by atoms with van der Waals surface area (Å²) in [6, 6.07) is 3.69. The SMILES string of the molecule is CNC(=O)Nc1ccc(F)c([ClH+])c1. The second kappa shape index (κ2) is 4.09. The molecule has 2 N–H and O–H groups in total. The Bertz CT molecular complexity index is 330. The van der Waals surface area contributed by atoms with Crippen molar-refractivity contribution in [2.75, 3.05) is 12.4 Å². The van der Waals surface area contributed by atoms with Gasteiger partial charge < -0.3 is 10.6 Å². The van der Waals surface area contributed by atoms with E-state index < -0.39 is 5.82 Å². The van der Waals surface area contributed by atoms with Crippen LogP contribution < -0.4 is 10.6 Å². The molecule has 0 bridgehead atoms. The van der Waals surface area contributed by atoms with Gasteiger partial charge in [0.1, 0.15) is 0 Å². The molecule has 0 atom stereocenters. The highest BCUT2D eigenvalue weighted by Crippen LogP contribution is 2.14. The van der Waals surface area contributed by atoms with Crippen LogP contribution in [0.5, 0.6) is 0 Å². The lowest BCUT2D eigenvalue weighted by molar-refractivity contribution is -0.293. The number of hydrogen-bond donors (Lipinski definition) is 2. The average molecular weight is 204 g/mol. The van der Waals surface area contributed by atoms with Gasteiger partial charge in [0.2, 0.25) is 0 Å². The van der Waals surface area contributed by atoms with Gasteiger partial charge in [-0.2, -0.15) is 0 Å². The fraction of sp³-hybridized carbons (Fsp3) is 0.125. The Balaban J connectivity index is 2.79. The highest BCUT2D eigenvalue weighted by atomic mass is 35.5. The zero-order valence-corrected chi connectivity index (χ0v) is 7.74. The van der Waals surface area contributed by atoms with E-state index in [1.165, 1.54) is 25.2 Å². The van der Waals surface area contributed by atoms with Gasteiger partial charge in [-0.25, -0.2) is 9.18 Å². The molecule has 0 fully saturated rings. The van der Waals surface area contributed by atoms with E-state index in [2.05, 4.69) is 22.2 Å². The number of amides is 2. The first kappa shape index (κ1) is 9.80. The summed E-state index contributed by atoms with van der Waals surface area (Å²) in [4.78, 5) is 10.8. The summed E-state index contributed by atoms with van der Waals surface area (Å²) in [5.41, 5.74) is 0.478. The Morgan fingerprint density at radius 1 is 1.54 bits per heavy atom. The normalized spacial score (nSPS) is 9.46. The topological polar surface area (TPSA) is 41.1 Å². The molecule has 0 heterocycles. The zero-order chi connectivity index (χ0) is 9.84. The first-order valence-corrected chi connectivity index (χ1v) is 3.99. The van der Waals surface area contributed by atoms with Gasteiger partial charge in [0.05, 0.1) is 0 Å². The minimum atomic E-state index is -0.461. The maximum absolute atomic E-state index is 12.7. The third kappa shape index (κ3) is 2.59. The lowest BCUT2D eigenvalue weighted by atomic mass is 10.3. The van der Waals surface area contributed by atoms with Gasteiger partial charge in [-0.05, 0) is 12.1 Å². The first-order chi connectivity index (χ1) is 6.13. The number of carbonyl (C=O) groups excluding carboxylic acids is 1. The molecule has 0 radical (unpaired) electrons. The second-order valence-electron chi connectivity index (χ2n) is 2.35. The standard InChI is InChI=1S/C8H8ClFN2O/c1-11-8(13)12-5-2-3-7(10)6(9)4-5/h2-4,9H,1H3,(H-,11,12,13)/p+1. The molecule has 0 spiro atoms. The molecule has 1 aromatic carbocycles. The van der Waals surface area contributed by atoms with Crippen LogP contribution in [0.1, 0.15) is 0 Å². The number of anilines is 1. The summed E-state index contributed by atoms with van der Waals surface area (Å²) in [7, 11) is 1.49. The third-order valence-electron chi connectivity index (χ3n) is 1.42. The molecular formula is C8H9ClFN2O+. The van der Waals surface area contributed by atoms with Gasteiger partial charge in [0, 0.05) is 18.8 Å². The predicted molar refractivity (Wildman–Crippen MR) is 45.0 cm³/mol. The molecule has 0 aliphatic carbocycles. The Morgan fingerprint density at radius 2 is 2.23 bits per heavy atom. The van der Waals surface area contributed by atoms with Crippen LogP contribution in [0.15, 0.2) is 18.2 Å². The maximum Gasteiger partial charge on any atom is 0.318 e. The van der Waals surface area contributed by atoms with Gasteiger partial charge in [-0.15, -0.1) is 0 Å². The first-order valence-electron chi connectivity index (χ1n) is 3.59. The maximum atomic E-state index is 12.7. The largest absolute Gasteiger partial charge is 0.341 e. The highest BCUT2D eigenvalue weighted by molar-refractivity contribution is 5.88. The molecule has 1 aromatic rings. The molecule has 0 saturated carbocycles. The van der Waals surface area contributed by atoms with E-state index in [9.17, 15) is 9.18 Å². The monoisotopic (exact) mass is 203 g/mol. The minimum absolute atomic E-state index is 0.0916. The second-order valence-corrected chi connectivity index (χ2v) is 2.79. The molecule has 1 rings (SSSR count). The Morgan fingerprint density at radius 3 is 2.77 bits per heavy atom. The van der Waals surface area contributed by atoms with Crippen molar-refractivity contribution in [3.8, 4) is 0 Å². The van der Waals surface area contributed by atoms with E-state index >= 15 is 0 Å². The van der Waals surface area contributed by atoms with E-state index in [0.717, 1.165) is 0 Å². The number of rotatable bonds is 1. The van der Waals surface area contributed by atoms with Crippen LogP contribution in [0, 0.1) is 17.4 Å². The molecule has 5 heteroatoms. The number of benzene rings is 1. The summed E-state index contributed by atoms with van der Waals surface area (Å²) < 4.78 is 12.7. The molecular weight excluding hydrogens is 195 g/mol. The van der Waals surface area contributed by atoms with Crippen molar-refractivity contribution in [2.45, 2.75) is 0 Å². The van der Waals surface area contributed by atoms with Crippen molar-refractivity contribution in [2.24, 2.45) is 0 Å². The molecule has 0 aliphatic heterocycles. The summed E-state index contributed by atoms with van der Waals surface area (Å²) in [5.74, 6) is -0.461. The number of halogens is 2. The zero-order valence-electron chi connectivity index (χ0n) is 6.93. The molecule has 70 valence electrons. The Labute approximate surface area is 79.9 Å². The number of carbonyl (C=O) groups is 1. The summed E-state index contributed by atoms with van der Waals surface area (Å²) in [5, 5.41) is 4.94. The Kier molecular flexibility index (Phi) is 3.08. The lowest BCUT2D eigenvalue weighted by Gasteiger charge is -2.02. The smallest absolute Gasteiger partial charge is 0.318 e. The van der Waals surface area contributed by atoms with Crippen molar-refractivity contribution < 1.29 is 20.8 Å². The van der Waals surface area contributed by atoms with E-state index in [0.29, 0.717) is 5.69 Å². The van der Waals surface area contributed by atoms with Crippen LogP contribution in [0.4, 0.5) is 14.9 Å². The van der Waals surface area contributed by atoms with Crippen LogP contribution in [0.2, 0.25) is 5.02 Å². The summed E-state index contributed by atoms with van der Waals surface area (Å²) in [6.07, 6.45) is 0. The van der Waals surface area contributed by atoms with Crippen LogP contribution in [-0.2, 0) is 0 Å². The van der Waals surface area contributed by atoms with E-state index in [4.69, 9.17) is 0 Å². The van der Waals surface area contributed by atoms with Crippen LogP contribution >= 0.6 is 0 Å². The molecule has 0 aliphatic rings. The van der Waals surface area contributed by atoms with E-state index in [1.807, 2.05) is 0 Å². The van der Waals surface area contributed by atoms with Gasteiger partial charge in [0.25, 0.3) is 5.02 Å². The quantitative estimate of drug-likeness (QED) is 0.709. The van der Waals surface area contributed by atoms with Crippen LogP contribution in [-0.4, -0.2) is 13.1 Å². The van der Waals surface area contributed by atoms with E-state index in [-0.39, 0.29) is 11.1 Å². The van der Waals surface area contributed by atoms with Crippen LogP contribution in [0.3, 0.4) is 0 Å². The molecule has 0 saturated heterocycles. The summed E-state index contributed by atoms with van der Waals surface area (Å²) >= 11 is 4.68. The number of urea groups is 1. The average Bonchev–Trinajstić information content (AvgIpc) is 2.11. The van der Waals surface area contributed by atoms with Crippen molar-refractivity contribution in [1.82, 2.24) is 5.32 Å². The van der Waals surface area contributed by atoms with Gasteiger partial charge in [0.15, 0.2) is 17.4 Å².